The molecule has 0 aliphatic rings. The quantitative estimate of drug-likeness (QED) is 0.827. The number of anilines is 1. The molecule has 0 saturated heterocycles. The lowest BCUT2D eigenvalue weighted by Crippen LogP contribution is -2.29. The van der Waals surface area contributed by atoms with Gasteiger partial charge in [-0.25, -0.2) is 4.79 Å². The van der Waals surface area contributed by atoms with Gasteiger partial charge < -0.3 is 14.5 Å². The summed E-state index contributed by atoms with van der Waals surface area (Å²) in [5.74, 6) is -1.14. The number of carbonyl (C=O) groups excluding carboxylic acids is 2. The van der Waals surface area contributed by atoms with Gasteiger partial charge in [0, 0.05) is 10.7 Å². The number of benzene rings is 1. The molecule has 1 aromatic heterocycles. The highest BCUT2D eigenvalue weighted by Gasteiger charge is 2.21. The average molecular weight is 373 g/mol. The molecule has 1 atom stereocenters. The molecule has 0 saturated carbocycles. The maximum Gasteiger partial charge on any atom is 0.375 e. The lowest BCUT2D eigenvalue weighted by Gasteiger charge is -2.12. The molecule has 0 fully saturated rings. The van der Waals surface area contributed by atoms with Crippen molar-refractivity contribution >= 4 is 45.1 Å². The highest BCUT2D eigenvalue weighted by atomic mass is 79.9. The lowest BCUT2D eigenvalue weighted by atomic mass is 10.3. The summed E-state index contributed by atoms with van der Waals surface area (Å²) in [5, 5.41) is 3.18. The Labute approximate surface area is 134 Å². The number of hydrogen-bond acceptors (Lipinski definition) is 4. The molecule has 0 bridgehead atoms. The molecule has 0 aliphatic heterocycles. The second-order valence-corrected chi connectivity index (χ2v) is 5.37. The molecule has 0 aliphatic carbocycles. The van der Waals surface area contributed by atoms with E-state index in [4.69, 9.17) is 20.8 Å². The summed E-state index contributed by atoms with van der Waals surface area (Å²) in [6, 6.07) is 9.62. The summed E-state index contributed by atoms with van der Waals surface area (Å²) < 4.78 is 10.5. The van der Waals surface area contributed by atoms with Gasteiger partial charge in [0.05, 0.1) is 0 Å². The van der Waals surface area contributed by atoms with Crippen LogP contribution in [0.4, 0.5) is 5.69 Å². The van der Waals surface area contributed by atoms with Crippen LogP contribution < -0.4 is 5.32 Å². The molecule has 110 valence electrons. The first-order valence-corrected chi connectivity index (χ1v) is 7.15. The minimum atomic E-state index is -0.961. The summed E-state index contributed by atoms with van der Waals surface area (Å²) in [6.07, 6.45) is -0.961. The molecular weight excluding hydrogens is 362 g/mol. The Morgan fingerprint density at radius 1 is 1.24 bits per heavy atom. The zero-order valence-corrected chi connectivity index (χ0v) is 13.3. The number of hydrogen-bond donors (Lipinski definition) is 1. The van der Waals surface area contributed by atoms with Crippen molar-refractivity contribution in [3.8, 4) is 0 Å². The monoisotopic (exact) mass is 371 g/mol. The van der Waals surface area contributed by atoms with Crippen molar-refractivity contribution in [1.29, 1.82) is 0 Å². The molecule has 21 heavy (non-hydrogen) atoms. The smallest absolute Gasteiger partial charge is 0.375 e. The Kier molecular flexibility index (Phi) is 5.03. The van der Waals surface area contributed by atoms with Gasteiger partial charge in [0.2, 0.25) is 5.76 Å². The third-order valence-electron chi connectivity index (χ3n) is 2.54. The number of ether oxygens (including phenoxy) is 1. The van der Waals surface area contributed by atoms with Crippen LogP contribution in [0.1, 0.15) is 17.5 Å². The van der Waals surface area contributed by atoms with E-state index in [0.717, 1.165) is 0 Å². The van der Waals surface area contributed by atoms with E-state index in [1.54, 1.807) is 30.3 Å². The third kappa shape index (κ3) is 4.34. The van der Waals surface area contributed by atoms with Crippen LogP contribution in [0.5, 0.6) is 0 Å². The standard InChI is InChI=1S/C14H11BrClNO4/c1-8(20-14(19)11-6-7-12(15)21-11)13(18)17-10-4-2-9(16)3-5-10/h2-8H,1H3,(H,17,18)/t8-/m1/s1. The number of esters is 1. The topological polar surface area (TPSA) is 68.5 Å². The number of halogens is 2. The first-order chi connectivity index (χ1) is 9.95. The molecule has 2 rings (SSSR count). The van der Waals surface area contributed by atoms with Crippen LogP contribution in [0.15, 0.2) is 45.5 Å². The summed E-state index contributed by atoms with van der Waals surface area (Å²) in [7, 11) is 0. The maximum atomic E-state index is 11.9. The lowest BCUT2D eigenvalue weighted by molar-refractivity contribution is -0.123. The van der Waals surface area contributed by atoms with Gasteiger partial charge in [0.15, 0.2) is 10.8 Å². The molecule has 0 unspecified atom stereocenters. The largest absolute Gasteiger partial charge is 0.447 e. The van der Waals surface area contributed by atoms with Crippen molar-refractivity contribution in [3.05, 3.63) is 51.9 Å². The molecule has 1 N–H and O–H groups in total. The zero-order chi connectivity index (χ0) is 15.4. The fraction of sp³-hybridized carbons (Fsp3) is 0.143. The Morgan fingerprint density at radius 2 is 1.90 bits per heavy atom. The Morgan fingerprint density at radius 3 is 2.48 bits per heavy atom. The molecule has 0 spiro atoms. The molecule has 1 amide bonds. The van der Waals surface area contributed by atoms with Gasteiger partial charge in [-0.15, -0.1) is 0 Å². The average Bonchev–Trinajstić information content (AvgIpc) is 2.88. The summed E-state index contributed by atoms with van der Waals surface area (Å²) in [4.78, 5) is 23.6. The highest BCUT2D eigenvalue weighted by molar-refractivity contribution is 9.10. The van der Waals surface area contributed by atoms with Crippen LogP contribution in [0.3, 0.4) is 0 Å². The van der Waals surface area contributed by atoms with Crippen LogP contribution in [-0.2, 0) is 9.53 Å². The van der Waals surface area contributed by atoms with Crippen LogP contribution in [-0.4, -0.2) is 18.0 Å². The summed E-state index contributed by atoms with van der Waals surface area (Å²) >= 11 is 8.83. The SMILES string of the molecule is C[C@@H](OC(=O)c1ccc(Br)o1)C(=O)Nc1ccc(Cl)cc1. The van der Waals surface area contributed by atoms with Crippen molar-refractivity contribution < 1.29 is 18.7 Å². The molecule has 2 aromatic rings. The van der Waals surface area contributed by atoms with E-state index in [1.807, 2.05) is 0 Å². The highest BCUT2D eigenvalue weighted by Crippen LogP contribution is 2.16. The first kappa shape index (κ1) is 15.6. The van der Waals surface area contributed by atoms with E-state index in [-0.39, 0.29) is 5.76 Å². The predicted molar refractivity (Wildman–Crippen MR) is 81.4 cm³/mol. The fourth-order valence-corrected chi connectivity index (χ4v) is 1.91. The molecule has 0 radical (unpaired) electrons. The van der Waals surface area contributed by atoms with Crippen LogP contribution >= 0.6 is 27.5 Å². The zero-order valence-electron chi connectivity index (χ0n) is 10.9. The molecular formula is C14H11BrClNO4. The predicted octanol–water partition coefficient (Wildman–Crippen LogP) is 3.88. The van der Waals surface area contributed by atoms with Gasteiger partial charge in [0.25, 0.3) is 5.91 Å². The number of carbonyl (C=O) groups is 2. The Hall–Kier alpha value is -1.79. The van der Waals surface area contributed by atoms with Crippen LogP contribution in [0.2, 0.25) is 5.02 Å². The Balaban J connectivity index is 1.93. The first-order valence-electron chi connectivity index (χ1n) is 5.98. The van der Waals surface area contributed by atoms with Gasteiger partial charge in [-0.05, 0) is 59.3 Å². The van der Waals surface area contributed by atoms with E-state index < -0.39 is 18.0 Å². The number of nitrogens with one attached hydrogen (secondary N) is 1. The number of rotatable bonds is 4. The van der Waals surface area contributed by atoms with Gasteiger partial charge in [-0.3, -0.25) is 4.79 Å². The van der Waals surface area contributed by atoms with E-state index in [1.165, 1.54) is 13.0 Å². The van der Waals surface area contributed by atoms with Gasteiger partial charge in [-0.2, -0.15) is 0 Å². The fourth-order valence-electron chi connectivity index (χ4n) is 1.47. The third-order valence-corrected chi connectivity index (χ3v) is 3.22. The maximum absolute atomic E-state index is 11.9. The normalized spacial score (nSPS) is 11.8. The van der Waals surface area contributed by atoms with Crippen molar-refractivity contribution in [2.75, 3.05) is 5.32 Å². The number of furan rings is 1. The second kappa shape index (κ2) is 6.78. The summed E-state index contributed by atoms with van der Waals surface area (Å²) in [5.41, 5.74) is 0.563. The van der Waals surface area contributed by atoms with Crippen LogP contribution in [0.25, 0.3) is 0 Å². The molecule has 5 nitrogen and oxygen atoms in total. The Bertz CT molecular complexity index is 653. The molecule has 7 heteroatoms. The van der Waals surface area contributed by atoms with Gasteiger partial charge in [0.1, 0.15) is 0 Å². The van der Waals surface area contributed by atoms with Crippen molar-refractivity contribution in [2.45, 2.75) is 13.0 Å². The van der Waals surface area contributed by atoms with E-state index in [0.29, 0.717) is 15.4 Å². The number of amides is 1. The van der Waals surface area contributed by atoms with Crippen LogP contribution in [0, 0.1) is 0 Å². The summed E-state index contributed by atoms with van der Waals surface area (Å²) in [6.45, 7) is 1.47. The minimum absolute atomic E-state index is 0.0213. The minimum Gasteiger partial charge on any atom is -0.447 e. The van der Waals surface area contributed by atoms with Crippen molar-refractivity contribution in [2.24, 2.45) is 0 Å². The van der Waals surface area contributed by atoms with E-state index in [2.05, 4.69) is 21.2 Å². The van der Waals surface area contributed by atoms with E-state index >= 15 is 0 Å². The van der Waals surface area contributed by atoms with E-state index in [9.17, 15) is 9.59 Å². The second-order valence-electron chi connectivity index (χ2n) is 4.15. The van der Waals surface area contributed by atoms with Gasteiger partial charge >= 0.3 is 5.97 Å². The van der Waals surface area contributed by atoms with Crippen molar-refractivity contribution in [3.63, 3.8) is 0 Å². The van der Waals surface area contributed by atoms with Gasteiger partial charge in [-0.1, -0.05) is 11.6 Å². The molecule has 1 aromatic carbocycles. The molecule has 1 heterocycles. The van der Waals surface area contributed by atoms with Crippen molar-refractivity contribution in [1.82, 2.24) is 0 Å².